The molecule has 4 aromatic rings. The van der Waals surface area contributed by atoms with Crippen LogP contribution in [0.4, 0.5) is 26.3 Å². The standard InChI is InChI=1S/C31H28F6S2Si/c1-5-12-23-21(17-24(38-23)19-13-8-6-9-14-19)26-27(30(34,35)31(36,37)29(26,32)33)22-18-25(20-15-10-7-11-16-20)39-28(22)40(2,3)4/h6-11,13-18H,5,12H2,1-4H3. The van der Waals surface area contributed by atoms with Gasteiger partial charge >= 0.3 is 17.8 Å². The summed E-state index contributed by atoms with van der Waals surface area (Å²) in [4.78, 5) is 1.55. The molecule has 5 rings (SSSR count). The Bertz CT molecular complexity index is 1560. The van der Waals surface area contributed by atoms with E-state index in [-0.39, 0.29) is 11.1 Å². The molecule has 0 N–H and O–H groups in total. The summed E-state index contributed by atoms with van der Waals surface area (Å²) in [5.74, 6) is -15.7. The molecule has 0 amide bonds. The minimum atomic E-state index is -5.59. The van der Waals surface area contributed by atoms with Gasteiger partial charge in [0.2, 0.25) is 0 Å². The molecule has 1 aliphatic rings. The quantitative estimate of drug-likeness (QED) is 0.145. The largest absolute Gasteiger partial charge is 0.380 e. The molecule has 0 aliphatic heterocycles. The van der Waals surface area contributed by atoms with Crippen molar-refractivity contribution in [1.29, 1.82) is 0 Å². The number of aryl methyl sites for hydroxylation is 1. The van der Waals surface area contributed by atoms with E-state index in [1.54, 1.807) is 60.7 Å². The van der Waals surface area contributed by atoms with Crippen LogP contribution in [0.25, 0.3) is 32.0 Å². The zero-order chi connectivity index (χ0) is 29.1. The minimum Gasteiger partial charge on any atom is -0.194 e. The number of hydrogen-bond donors (Lipinski definition) is 0. The Kier molecular flexibility index (Phi) is 7.24. The fourth-order valence-electron chi connectivity index (χ4n) is 5.11. The van der Waals surface area contributed by atoms with Crippen LogP contribution in [0.15, 0.2) is 72.8 Å². The molecular weight excluding hydrogens is 579 g/mol. The van der Waals surface area contributed by atoms with E-state index in [2.05, 4.69) is 0 Å². The SMILES string of the molecule is CCCc1sc(-c2ccccc2)cc1C1=C(c2cc(-c3ccccc3)sc2[Si](C)(C)C)C(F)(F)C(F)(F)C1(F)F. The summed E-state index contributed by atoms with van der Waals surface area (Å²) in [6, 6.07) is 20.7. The minimum absolute atomic E-state index is 0.185. The van der Waals surface area contributed by atoms with Crippen LogP contribution in [-0.4, -0.2) is 25.8 Å². The number of benzene rings is 2. The second-order valence-electron chi connectivity index (χ2n) is 11.0. The van der Waals surface area contributed by atoms with Crippen molar-refractivity contribution in [3.8, 4) is 20.9 Å². The van der Waals surface area contributed by atoms with Gasteiger partial charge in [0, 0.05) is 25.8 Å². The fraction of sp³-hybridized carbons (Fsp3) is 0.290. The highest BCUT2D eigenvalue weighted by atomic mass is 32.1. The van der Waals surface area contributed by atoms with Crippen LogP contribution < -0.4 is 4.50 Å². The molecule has 0 fully saturated rings. The van der Waals surface area contributed by atoms with Gasteiger partial charge < -0.3 is 0 Å². The second-order valence-corrected chi connectivity index (χ2v) is 18.6. The highest BCUT2D eigenvalue weighted by Gasteiger charge is 2.80. The first-order chi connectivity index (χ1) is 18.7. The average molecular weight is 607 g/mol. The predicted octanol–water partition coefficient (Wildman–Crippen LogP) is 10.5. The Hall–Kier alpha value is -2.62. The zero-order valence-electron chi connectivity index (χ0n) is 22.4. The first kappa shape index (κ1) is 28.9. The Morgan fingerprint density at radius 1 is 0.650 bits per heavy atom. The number of rotatable bonds is 7. The van der Waals surface area contributed by atoms with Crippen LogP contribution in [0.5, 0.6) is 0 Å². The third kappa shape index (κ3) is 4.50. The lowest BCUT2D eigenvalue weighted by Crippen LogP contribution is -2.49. The molecule has 1 aliphatic carbocycles. The number of allylic oxidation sites excluding steroid dienone is 2. The number of alkyl halides is 6. The molecule has 0 spiro atoms. The van der Waals surface area contributed by atoms with Crippen molar-refractivity contribution in [2.75, 3.05) is 0 Å². The average Bonchev–Trinajstić information content (AvgIpc) is 3.55. The summed E-state index contributed by atoms with van der Waals surface area (Å²) < 4.78 is 94.4. The third-order valence-corrected chi connectivity index (χ3v) is 13.0. The van der Waals surface area contributed by atoms with Crippen molar-refractivity contribution < 1.29 is 26.3 Å². The van der Waals surface area contributed by atoms with Crippen molar-refractivity contribution in [3.63, 3.8) is 0 Å². The van der Waals surface area contributed by atoms with E-state index in [0.717, 1.165) is 0 Å². The van der Waals surface area contributed by atoms with Crippen LogP contribution in [0.2, 0.25) is 19.6 Å². The maximum atomic E-state index is 15.9. The molecule has 0 saturated carbocycles. The van der Waals surface area contributed by atoms with Gasteiger partial charge in [0.15, 0.2) is 0 Å². The molecule has 0 unspecified atom stereocenters. The fourth-order valence-corrected chi connectivity index (χ4v) is 9.86. The molecule has 2 aromatic heterocycles. The van der Waals surface area contributed by atoms with Crippen molar-refractivity contribution in [2.45, 2.75) is 57.2 Å². The summed E-state index contributed by atoms with van der Waals surface area (Å²) >= 11 is 2.42. The van der Waals surface area contributed by atoms with Gasteiger partial charge in [-0.2, -0.15) is 26.3 Å². The van der Waals surface area contributed by atoms with Gasteiger partial charge in [0.25, 0.3) is 0 Å². The molecule has 210 valence electrons. The van der Waals surface area contributed by atoms with E-state index >= 15 is 26.3 Å². The third-order valence-electron chi connectivity index (χ3n) is 7.02. The van der Waals surface area contributed by atoms with E-state index in [9.17, 15) is 0 Å². The second kappa shape index (κ2) is 10.0. The Balaban J connectivity index is 1.87. The van der Waals surface area contributed by atoms with Gasteiger partial charge in [-0.15, -0.1) is 22.7 Å². The molecule has 2 heterocycles. The lowest BCUT2D eigenvalue weighted by atomic mass is 9.94. The summed E-state index contributed by atoms with van der Waals surface area (Å²) in [6.45, 7) is 7.55. The zero-order valence-corrected chi connectivity index (χ0v) is 25.1. The maximum Gasteiger partial charge on any atom is 0.380 e. The molecule has 2 aromatic carbocycles. The normalized spacial score (nSPS) is 17.9. The Morgan fingerprint density at radius 3 is 1.57 bits per heavy atom. The van der Waals surface area contributed by atoms with Gasteiger partial charge in [0.05, 0.1) is 8.07 Å². The van der Waals surface area contributed by atoms with E-state index < -0.39 is 37.0 Å². The number of thiophene rings is 2. The van der Waals surface area contributed by atoms with Crippen molar-refractivity contribution >= 4 is 46.4 Å². The first-order valence-electron chi connectivity index (χ1n) is 13.0. The van der Waals surface area contributed by atoms with Crippen molar-refractivity contribution in [3.05, 3.63) is 88.8 Å². The topological polar surface area (TPSA) is 0 Å². The van der Waals surface area contributed by atoms with Gasteiger partial charge in [-0.25, -0.2) is 0 Å². The number of halogens is 6. The van der Waals surface area contributed by atoms with Crippen LogP contribution >= 0.6 is 22.7 Å². The molecule has 40 heavy (non-hydrogen) atoms. The molecule has 0 atom stereocenters. The highest BCUT2D eigenvalue weighted by molar-refractivity contribution is 7.29. The molecule has 0 bridgehead atoms. The number of hydrogen-bond acceptors (Lipinski definition) is 2. The highest BCUT2D eigenvalue weighted by Crippen LogP contribution is 2.65. The smallest absolute Gasteiger partial charge is 0.194 e. The van der Waals surface area contributed by atoms with Gasteiger partial charge in [-0.05, 0) is 45.3 Å². The summed E-state index contributed by atoms with van der Waals surface area (Å²) in [7, 11) is -2.46. The lowest BCUT2D eigenvalue weighted by molar-refractivity contribution is -0.254. The molecule has 0 nitrogen and oxygen atoms in total. The summed E-state index contributed by atoms with van der Waals surface area (Å²) in [5.41, 5.74) is -1.46. The van der Waals surface area contributed by atoms with E-state index in [1.165, 1.54) is 34.8 Å². The van der Waals surface area contributed by atoms with Gasteiger partial charge in [0.1, 0.15) is 0 Å². The molecular formula is C31H28F6S2Si. The van der Waals surface area contributed by atoms with Crippen molar-refractivity contribution in [2.24, 2.45) is 0 Å². The van der Waals surface area contributed by atoms with E-state index in [1.807, 2.05) is 26.6 Å². The van der Waals surface area contributed by atoms with Crippen LogP contribution in [-0.2, 0) is 6.42 Å². The van der Waals surface area contributed by atoms with Gasteiger partial charge in [-0.1, -0.05) is 93.6 Å². The molecule has 9 heteroatoms. The van der Waals surface area contributed by atoms with Crippen LogP contribution in [0, 0.1) is 0 Å². The lowest BCUT2D eigenvalue weighted by Gasteiger charge is -2.26. The van der Waals surface area contributed by atoms with E-state index in [0.29, 0.717) is 43.1 Å². The van der Waals surface area contributed by atoms with E-state index in [4.69, 9.17) is 0 Å². The van der Waals surface area contributed by atoms with Crippen LogP contribution in [0.1, 0.15) is 29.3 Å². The maximum absolute atomic E-state index is 15.9. The Morgan fingerprint density at radius 2 is 1.10 bits per heavy atom. The monoisotopic (exact) mass is 606 g/mol. The summed E-state index contributed by atoms with van der Waals surface area (Å²) in [5, 5.41) is 0. The molecule has 0 saturated heterocycles. The van der Waals surface area contributed by atoms with Crippen LogP contribution in [0.3, 0.4) is 0 Å². The summed E-state index contributed by atoms with van der Waals surface area (Å²) in [6.07, 6.45) is 0.843. The van der Waals surface area contributed by atoms with Crippen molar-refractivity contribution in [1.82, 2.24) is 0 Å². The first-order valence-corrected chi connectivity index (χ1v) is 18.1. The molecule has 0 radical (unpaired) electrons. The van der Waals surface area contributed by atoms with Gasteiger partial charge in [-0.3, -0.25) is 0 Å². The predicted molar refractivity (Wildman–Crippen MR) is 158 cm³/mol. The Labute approximate surface area is 239 Å².